The lowest BCUT2D eigenvalue weighted by Crippen LogP contribution is -2.46. The van der Waals surface area contributed by atoms with E-state index in [4.69, 9.17) is 4.74 Å². The van der Waals surface area contributed by atoms with E-state index in [-0.39, 0.29) is 18.2 Å². The van der Waals surface area contributed by atoms with Gasteiger partial charge in [0.15, 0.2) is 0 Å². The van der Waals surface area contributed by atoms with E-state index < -0.39 is 0 Å². The fourth-order valence-electron chi connectivity index (χ4n) is 3.41. The molecule has 2 atom stereocenters. The monoisotopic (exact) mass is 371 g/mol. The molecule has 1 fully saturated rings. The zero-order valence-corrected chi connectivity index (χ0v) is 16.1. The van der Waals surface area contributed by atoms with Gasteiger partial charge in [0.2, 0.25) is 0 Å². The predicted octanol–water partition coefficient (Wildman–Crippen LogP) is 2.17. The number of carbonyl (C=O) groups excluding carboxylic acids is 1. The average molecular weight is 371 g/mol. The van der Waals surface area contributed by atoms with Crippen molar-refractivity contribution in [2.24, 2.45) is 0 Å². The number of urea groups is 1. The van der Waals surface area contributed by atoms with Crippen LogP contribution in [0.2, 0.25) is 0 Å². The van der Waals surface area contributed by atoms with Gasteiger partial charge in [-0.1, -0.05) is 12.1 Å². The van der Waals surface area contributed by atoms with E-state index >= 15 is 0 Å². The first-order valence-electron chi connectivity index (χ1n) is 9.57. The van der Waals surface area contributed by atoms with Crippen LogP contribution >= 0.6 is 0 Å². The van der Waals surface area contributed by atoms with E-state index in [0.29, 0.717) is 13.1 Å². The van der Waals surface area contributed by atoms with Crippen LogP contribution in [0.25, 0.3) is 5.69 Å². The third kappa shape index (κ3) is 6.08. The molecular weight excluding hydrogens is 342 g/mol. The van der Waals surface area contributed by atoms with E-state index in [1.54, 1.807) is 12.5 Å². The largest absolute Gasteiger partial charge is 0.373 e. The standard InChI is InChI=1S/C20H29N5O2/c1-16-13-24(14-17(2)27-16)10-3-8-22-20(26)23-12-18-4-6-19(7-5-18)25-11-9-21-15-25/h4-7,9,11,15-17H,3,8,10,12-14H2,1-2H3,(H2,22,23,26)/t16-,17-/m0/s1. The molecule has 0 radical (unpaired) electrons. The summed E-state index contributed by atoms with van der Waals surface area (Å²) in [4.78, 5) is 18.4. The van der Waals surface area contributed by atoms with E-state index in [0.717, 1.165) is 37.3 Å². The highest BCUT2D eigenvalue weighted by Crippen LogP contribution is 2.11. The van der Waals surface area contributed by atoms with Crippen LogP contribution in [0.3, 0.4) is 0 Å². The summed E-state index contributed by atoms with van der Waals surface area (Å²) in [7, 11) is 0. The maximum atomic E-state index is 12.0. The summed E-state index contributed by atoms with van der Waals surface area (Å²) < 4.78 is 7.68. The van der Waals surface area contributed by atoms with Crippen molar-refractivity contribution in [2.75, 3.05) is 26.2 Å². The van der Waals surface area contributed by atoms with E-state index in [2.05, 4.69) is 34.4 Å². The first kappa shape index (κ1) is 19.4. The van der Waals surface area contributed by atoms with Gasteiger partial charge in [-0.25, -0.2) is 9.78 Å². The Bertz CT molecular complexity index is 692. The van der Waals surface area contributed by atoms with Crippen molar-refractivity contribution in [1.29, 1.82) is 0 Å². The van der Waals surface area contributed by atoms with E-state index in [1.165, 1.54) is 0 Å². The van der Waals surface area contributed by atoms with Gasteiger partial charge < -0.3 is 19.9 Å². The molecule has 1 aliphatic rings. The third-order valence-electron chi connectivity index (χ3n) is 4.62. The van der Waals surface area contributed by atoms with Gasteiger partial charge in [0, 0.05) is 50.8 Å². The Morgan fingerprint density at radius 3 is 2.59 bits per heavy atom. The molecule has 7 heteroatoms. The van der Waals surface area contributed by atoms with Crippen LogP contribution in [0.4, 0.5) is 4.79 Å². The fourth-order valence-corrected chi connectivity index (χ4v) is 3.41. The minimum absolute atomic E-state index is 0.127. The van der Waals surface area contributed by atoms with Crippen molar-refractivity contribution in [3.8, 4) is 5.69 Å². The zero-order valence-electron chi connectivity index (χ0n) is 16.1. The number of nitrogens with one attached hydrogen (secondary N) is 2. The summed E-state index contributed by atoms with van der Waals surface area (Å²) >= 11 is 0. The Morgan fingerprint density at radius 2 is 1.93 bits per heavy atom. The first-order valence-corrected chi connectivity index (χ1v) is 9.57. The zero-order chi connectivity index (χ0) is 19.1. The van der Waals surface area contributed by atoms with Gasteiger partial charge in [-0.15, -0.1) is 0 Å². The number of rotatable bonds is 7. The Hall–Kier alpha value is -2.38. The Morgan fingerprint density at radius 1 is 1.19 bits per heavy atom. The molecule has 1 aromatic heterocycles. The lowest BCUT2D eigenvalue weighted by Gasteiger charge is -2.35. The van der Waals surface area contributed by atoms with E-state index in [1.807, 2.05) is 35.0 Å². The molecule has 3 rings (SSSR count). The smallest absolute Gasteiger partial charge is 0.315 e. The number of ether oxygens (including phenoxy) is 1. The molecule has 0 unspecified atom stereocenters. The van der Waals surface area contributed by atoms with Gasteiger partial charge in [0.1, 0.15) is 0 Å². The van der Waals surface area contributed by atoms with Crippen LogP contribution in [0.15, 0.2) is 43.0 Å². The highest BCUT2D eigenvalue weighted by molar-refractivity contribution is 5.73. The summed E-state index contributed by atoms with van der Waals surface area (Å²) in [6.45, 7) is 8.30. The number of imidazole rings is 1. The fraction of sp³-hybridized carbons (Fsp3) is 0.500. The molecule has 146 valence electrons. The van der Waals surface area contributed by atoms with Gasteiger partial charge >= 0.3 is 6.03 Å². The van der Waals surface area contributed by atoms with Gasteiger partial charge in [0.05, 0.1) is 18.5 Å². The van der Waals surface area contributed by atoms with Gasteiger partial charge in [-0.3, -0.25) is 4.90 Å². The maximum absolute atomic E-state index is 12.0. The van der Waals surface area contributed by atoms with Gasteiger partial charge in [-0.2, -0.15) is 0 Å². The van der Waals surface area contributed by atoms with Gasteiger partial charge in [0.25, 0.3) is 0 Å². The second kappa shape index (κ2) is 9.53. The second-order valence-electron chi connectivity index (χ2n) is 7.12. The molecule has 1 aromatic carbocycles. The topological polar surface area (TPSA) is 71.4 Å². The third-order valence-corrected chi connectivity index (χ3v) is 4.62. The van der Waals surface area contributed by atoms with Crippen molar-refractivity contribution in [3.63, 3.8) is 0 Å². The quantitative estimate of drug-likeness (QED) is 0.732. The minimum atomic E-state index is -0.127. The van der Waals surface area contributed by atoms with Crippen LogP contribution in [0, 0.1) is 0 Å². The molecule has 1 aliphatic heterocycles. The maximum Gasteiger partial charge on any atom is 0.315 e. The molecule has 1 saturated heterocycles. The van der Waals surface area contributed by atoms with Crippen molar-refractivity contribution >= 4 is 6.03 Å². The van der Waals surface area contributed by atoms with Crippen LogP contribution in [0.5, 0.6) is 0 Å². The summed E-state index contributed by atoms with van der Waals surface area (Å²) in [6.07, 6.45) is 6.92. The van der Waals surface area contributed by atoms with Crippen molar-refractivity contribution in [3.05, 3.63) is 48.5 Å². The summed E-state index contributed by atoms with van der Waals surface area (Å²) in [6, 6.07) is 7.92. The Kier molecular flexibility index (Phi) is 6.84. The average Bonchev–Trinajstić information content (AvgIpc) is 3.18. The number of benzene rings is 1. The highest BCUT2D eigenvalue weighted by atomic mass is 16.5. The summed E-state index contributed by atoms with van der Waals surface area (Å²) in [5.74, 6) is 0. The Labute approximate surface area is 160 Å². The first-order chi connectivity index (χ1) is 13.1. The van der Waals surface area contributed by atoms with E-state index in [9.17, 15) is 4.79 Å². The second-order valence-corrected chi connectivity index (χ2v) is 7.12. The van der Waals surface area contributed by atoms with Crippen molar-refractivity contribution in [1.82, 2.24) is 25.1 Å². The molecule has 2 amide bonds. The summed E-state index contributed by atoms with van der Waals surface area (Å²) in [5.41, 5.74) is 2.11. The van der Waals surface area contributed by atoms with Crippen molar-refractivity contribution < 1.29 is 9.53 Å². The van der Waals surface area contributed by atoms with Crippen LogP contribution in [-0.4, -0.2) is 58.9 Å². The lowest BCUT2D eigenvalue weighted by atomic mass is 10.2. The number of nitrogens with zero attached hydrogens (tertiary/aromatic N) is 3. The predicted molar refractivity (Wildman–Crippen MR) is 105 cm³/mol. The highest BCUT2D eigenvalue weighted by Gasteiger charge is 2.21. The Balaban J connectivity index is 1.31. The van der Waals surface area contributed by atoms with Crippen LogP contribution < -0.4 is 10.6 Å². The number of aromatic nitrogens is 2. The molecule has 7 nitrogen and oxygen atoms in total. The number of morpholine rings is 1. The molecule has 2 N–H and O–H groups in total. The van der Waals surface area contributed by atoms with Crippen LogP contribution in [0.1, 0.15) is 25.8 Å². The molecule has 2 heterocycles. The summed E-state index contributed by atoms with van der Waals surface area (Å²) in [5, 5.41) is 5.83. The number of carbonyl (C=O) groups is 1. The molecule has 0 aliphatic carbocycles. The van der Waals surface area contributed by atoms with Gasteiger partial charge in [-0.05, 0) is 38.0 Å². The van der Waals surface area contributed by atoms with Crippen LogP contribution in [-0.2, 0) is 11.3 Å². The number of hydrogen-bond acceptors (Lipinski definition) is 4. The van der Waals surface area contributed by atoms with Crippen molar-refractivity contribution in [2.45, 2.75) is 39.0 Å². The number of hydrogen-bond donors (Lipinski definition) is 2. The lowest BCUT2D eigenvalue weighted by molar-refractivity contribution is -0.0679. The molecular formula is C20H29N5O2. The molecule has 0 spiro atoms. The number of amides is 2. The molecule has 27 heavy (non-hydrogen) atoms. The SMILES string of the molecule is C[C@H]1CN(CCCNC(=O)NCc2ccc(-n3ccnc3)cc2)C[C@H](C)O1. The molecule has 0 saturated carbocycles. The minimum Gasteiger partial charge on any atom is -0.373 e. The normalized spacial score (nSPS) is 20.4. The molecule has 2 aromatic rings. The molecule has 0 bridgehead atoms.